The Kier molecular flexibility index (Phi) is 32.7. The smallest absolute Gasteiger partial charge is 0.306 e. The van der Waals surface area contributed by atoms with E-state index in [4.69, 9.17) is 18.9 Å². The van der Waals surface area contributed by atoms with Gasteiger partial charge in [0.15, 0.2) is 12.4 Å². The zero-order valence-electron chi connectivity index (χ0n) is 34.0. The fourth-order valence-electron chi connectivity index (χ4n) is 6.42. The zero-order valence-corrected chi connectivity index (χ0v) is 34.0. The molecule has 0 aromatic heterocycles. The van der Waals surface area contributed by atoms with Crippen LogP contribution in [-0.2, 0) is 28.5 Å². The number of esters is 2. The van der Waals surface area contributed by atoms with E-state index in [1.165, 1.54) is 83.5 Å². The summed E-state index contributed by atoms with van der Waals surface area (Å²) < 4.78 is 22.1. The van der Waals surface area contributed by atoms with Crippen LogP contribution in [0.15, 0.2) is 36.5 Å². The summed E-state index contributed by atoms with van der Waals surface area (Å²) in [7, 11) is 0. The molecule has 1 aliphatic rings. The van der Waals surface area contributed by atoms with Gasteiger partial charge in [-0.1, -0.05) is 166 Å². The highest BCUT2D eigenvalue weighted by atomic mass is 16.7. The van der Waals surface area contributed by atoms with Crippen molar-refractivity contribution in [3.63, 3.8) is 0 Å². The van der Waals surface area contributed by atoms with Gasteiger partial charge in [0.2, 0.25) is 0 Å². The topological polar surface area (TPSA) is 152 Å². The van der Waals surface area contributed by atoms with Crippen molar-refractivity contribution in [2.45, 2.75) is 211 Å². The predicted octanol–water partition coefficient (Wildman–Crippen LogP) is 8.72. The maximum atomic E-state index is 12.7. The monoisotopic (exact) mass is 767 g/mol. The number of hydrogen-bond donors (Lipinski definition) is 4. The molecule has 1 rings (SSSR count). The summed E-state index contributed by atoms with van der Waals surface area (Å²) in [6, 6.07) is 0. The Morgan fingerprint density at radius 1 is 0.593 bits per heavy atom. The molecule has 0 spiro atoms. The van der Waals surface area contributed by atoms with Gasteiger partial charge >= 0.3 is 11.9 Å². The molecule has 0 radical (unpaired) electrons. The van der Waals surface area contributed by atoms with Gasteiger partial charge < -0.3 is 39.4 Å². The lowest BCUT2D eigenvalue weighted by Gasteiger charge is -2.39. The first-order chi connectivity index (χ1) is 26.3. The van der Waals surface area contributed by atoms with E-state index >= 15 is 0 Å². The Morgan fingerprint density at radius 3 is 1.63 bits per heavy atom. The van der Waals surface area contributed by atoms with E-state index in [0.29, 0.717) is 6.42 Å². The van der Waals surface area contributed by atoms with Crippen molar-refractivity contribution in [3.05, 3.63) is 36.5 Å². The minimum atomic E-state index is -1.60. The van der Waals surface area contributed by atoms with Crippen LogP contribution in [0.25, 0.3) is 0 Å². The van der Waals surface area contributed by atoms with E-state index in [0.717, 1.165) is 57.8 Å². The number of hydrogen-bond acceptors (Lipinski definition) is 10. The van der Waals surface area contributed by atoms with Gasteiger partial charge in [0.25, 0.3) is 0 Å². The van der Waals surface area contributed by atoms with Gasteiger partial charge in [-0.25, -0.2) is 0 Å². The molecule has 1 saturated heterocycles. The molecule has 1 fully saturated rings. The number of carbonyl (C=O) groups excluding carboxylic acids is 2. The molecule has 0 aromatic rings. The molecule has 0 aliphatic carbocycles. The molecule has 4 N–H and O–H groups in total. The summed E-state index contributed by atoms with van der Waals surface area (Å²) in [4.78, 5) is 25.3. The highest BCUT2D eigenvalue weighted by Crippen LogP contribution is 2.22. The van der Waals surface area contributed by atoms with Gasteiger partial charge in [0, 0.05) is 12.8 Å². The van der Waals surface area contributed by atoms with Crippen molar-refractivity contribution in [1.82, 2.24) is 0 Å². The molecule has 54 heavy (non-hydrogen) atoms. The van der Waals surface area contributed by atoms with Crippen LogP contribution in [0.4, 0.5) is 0 Å². The van der Waals surface area contributed by atoms with Crippen molar-refractivity contribution < 1.29 is 49.0 Å². The predicted molar refractivity (Wildman–Crippen MR) is 215 cm³/mol. The number of ether oxygens (including phenoxy) is 4. The Morgan fingerprint density at radius 2 is 1.09 bits per heavy atom. The molecule has 0 bridgehead atoms. The second kappa shape index (κ2) is 35.3. The minimum Gasteiger partial charge on any atom is -0.462 e. The van der Waals surface area contributed by atoms with Gasteiger partial charge in [0.05, 0.1) is 13.2 Å². The summed E-state index contributed by atoms with van der Waals surface area (Å²) >= 11 is 0. The number of allylic oxidation sites excluding steroid dienone is 6. The first-order valence-corrected chi connectivity index (χ1v) is 21.6. The van der Waals surface area contributed by atoms with Gasteiger partial charge in [0.1, 0.15) is 31.0 Å². The number of unbranched alkanes of at least 4 members (excludes halogenated alkanes) is 20. The van der Waals surface area contributed by atoms with Crippen LogP contribution < -0.4 is 0 Å². The van der Waals surface area contributed by atoms with Crippen LogP contribution in [0.1, 0.15) is 174 Å². The average molecular weight is 767 g/mol. The molecule has 6 atom stereocenters. The molecule has 314 valence electrons. The second-order valence-electron chi connectivity index (χ2n) is 14.8. The molecule has 0 amide bonds. The maximum Gasteiger partial charge on any atom is 0.306 e. The standard InChI is InChI=1S/C44H78O10/c1-3-5-7-9-11-13-15-17-18-19-21-22-24-26-28-30-32-39(46)51-35-37(36-52-44-43(50)42(49)41(48)38(34-45)54-44)53-40(47)33-31-29-27-25-23-20-16-14-12-10-8-6-4-2/h6,8,10,12,14,16,37-38,41-45,48-50H,3-5,7,9,11,13,15,17-36H2,1-2H3/b8-6+,12-10+,16-14+/t37?,38-,41+,42?,43?,44-/m0/s1. The Labute approximate surface area is 327 Å². The molecule has 1 heterocycles. The van der Waals surface area contributed by atoms with Crippen molar-refractivity contribution in [3.8, 4) is 0 Å². The van der Waals surface area contributed by atoms with Crippen LogP contribution in [0.2, 0.25) is 0 Å². The highest BCUT2D eigenvalue weighted by Gasteiger charge is 2.44. The van der Waals surface area contributed by atoms with Gasteiger partial charge in [-0.05, 0) is 32.1 Å². The molecule has 1 aliphatic heterocycles. The number of aliphatic hydroxyl groups excluding tert-OH is 4. The van der Waals surface area contributed by atoms with E-state index in [1.54, 1.807) is 0 Å². The van der Waals surface area contributed by atoms with Crippen LogP contribution in [0.5, 0.6) is 0 Å². The summed E-state index contributed by atoms with van der Waals surface area (Å²) in [6.45, 7) is 3.27. The van der Waals surface area contributed by atoms with Crippen LogP contribution in [0, 0.1) is 0 Å². The third-order valence-corrected chi connectivity index (χ3v) is 9.85. The van der Waals surface area contributed by atoms with Crippen molar-refractivity contribution >= 4 is 11.9 Å². The first kappa shape index (κ1) is 49.9. The largest absolute Gasteiger partial charge is 0.462 e. The van der Waals surface area contributed by atoms with E-state index in [1.807, 2.05) is 18.2 Å². The lowest BCUT2D eigenvalue weighted by atomic mass is 9.99. The van der Waals surface area contributed by atoms with Gasteiger partial charge in [-0.15, -0.1) is 0 Å². The zero-order chi connectivity index (χ0) is 39.5. The lowest BCUT2D eigenvalue weighted by Crippen LogP contribution is -2.59. The molecular formula is C44H78O10. The third kappa shape index (κ3) is 26.7. The number of aliphatic hydroxyl groups is 4. The van der Waals surface area contributed by atoms with Crippen LogP contribution in [-0.4, -0.2) is 89.0 Å². The van der Waals surface area contributed by atoms with E-state index in [9.17, 15) is 30.0 Å². The second-order valence-corrected chi connectivity index (χ2v) is 14.8. The van der Waals surface area contributed by atoms with Crippen molar-refractivity contribution in [2.75, 3.05) is 19.8 Å². The third-order valence-electron chi connectivity index (χ3n) is 9.85. The first-order valence-electron chi connectivity index (χ1n) is 21.6. The van der Waals surface area contributed by atoms with E-state index in [2.05, 4.69) is 32.1 Å². The Balaban J connectivity index is 2.34. The normalized spacial score (nSPS) is 21.0. The van der Waals surface area contributed by atoms with Crippen LogP contribution >= 0.6 is 0 Å². The quantitative estimate of drug-likeness (QED) is 0.0280. The van der Waals surface area contributed by atoms with Gasteiger partial charge in [-0.3, -0.25) is 9.59 Å². The molecule has 0 aromatic carbocycles. The fraction of sp³-hybridized carbons (Fsp3) is 0.818. The average Bonchev–Trinajstić information content (AvgIpc) is 3.17. The highest BCUT2D eigenvalue weighted by molar-refractivity contribution is 5.70. The summed E-state index contributed by atoms with van der Waals surface area (Å²) in [5.74, 6) is -0.827. The van der Waals surface area contributed by atoms with E-state index < -0.39 is 49.4 Å². The molecule has 3 unspecified atom stereocenters. The summed E-state index contributed by atoms with van der Waals surface area (Å²) in [6.07, 6.45) is 31.5. The van der Waals surface area contributed by atoms with Crippen molar-refractivity contribution in [2.24, 2.45) is 0 Å². The Bertz CT molecular complexity index is 980. The minimum absolute atomic E-state index is 0.208. The molecule has 0 saturated carbocycles. The number of rotatable bonds is 35. The Hall–Kier alpha value is -2.08. The lowest BCUT2D eigenvalue weighted by molar-refractivity contribution is -0.305. The fourth-order valence-corrected chi connectivity index (χ4v) is 6.42. The SMILES string of the molecule is CC/C=C/C=C/C=C/CCCCCCCC(=O)OC(COC(=O)CCCCCCCCCCCCCCCCCC)CO[C@H]1O[C@@H](CO)[C@@H](O)C(O)C1O. The molecular weight excluding hydrogens is 688 g/mol. The summed E-state index contributed by atoms with van der Waals surface area (Å²) in [5, 5.41) is 40.0. The van der Waals surface area contributed by atoms with Gasteiger partial charge in [-0.2, -0.15) is 0 Å². The maximum absolute atomic E-state index is 12.7. The number of carbonyl (C=O) groups is 2. The van der Waals surface area contributed by atoms with Crippen LogP contribution in [0.3, 0.4) is 0 Å². The molecule has 10 nitrogen and oxygen atoms in total. The summed E-state index contributed by atoms with van der Waals surface area (Å²) in [5.41, 5.74) is 0. The van der Waals surface area contributed by atoms with E-state index in [-0.39, 0.29) is 32.0 Å². The van der Waals surface area contributed by atoms with Crippen molar-refractivity contribution in [1.29, 1.82) is 0 Å². The molecule has 10 heteroatoms.